The molecule has 0 N–H and O–H groups in total. The van der Waals surface area contributed by atoms with Gasteiger partial charge in [0, 0.05) is 10.9 Å². The van der Waals surface area contributed by atoms with Crippen molar-refractivity contribution in [2.24, 2.45) is 0 Å². The van der Waals surface area contributed by atoms with Crippen molar-refractivity contribution in [2.45, 2.75) is 12.6 Å². The van der Waals surface area contributed by atoms with Crippen molar-refractivity contribution in [3.8, 4) is 5.75 Å². The zero-order valence-corrected chi connectivity index (χ0v) is 12.0. The van der Waals surface area contributed by atoms with Crippen molar-refractivity contribution in [2.75, 3.05) is 6.61 Å². The van der Waals surface area contributed by atoms with E-state index in [9.17, 15) is 13.2 Å². The van der Waals surface area contributed by atoms with Gasteiger partial charge in [-0.25, -0.2) is 0 Å². The maximum atomic E-state index is 12.7. The minimum absolute atomic E-state index is 0.211. The Morgan fingerprint density at radius 2 is 1.70 bits per heavy atom. The highest BCUT2D eigenvalue weighted by molar-refractivity contribution is 9.10. The molecule has 0 aliphatic heterocycles. The van der Waals surface area contributed by atoms with Crippen LogP contribution in [0.25, 0.3) is 0 Å². The summed E-state index contributed by atoms with van der Waals surface area (Å²) < 4.78 is 43.7. The summed E-state index contributed by atoms with van der Waals surface area (Å²) in [4.78, 5) is 0. The molecule has 0 aromatic heterocycles. The van der Waals surface area contributed by atoms with Crippen molar-refractivity contribution < 1.29 is 17.9 Å². The number of halogens is 4. The molecule has 0 saturated carbocycles. The molecule has 0 radical (unpaired) electrons. The summed E-state index contributed by atoms with van der Waals surface area (Å²) >= 11 is 3.06. The Balaban J connectivity index is 2.01. The predicted octanol–water partition coefficient (Wildman–Crippen LogP) is 5.09. The van der Waals surface area contributed by atoms with E-state index in [1.54, 1.807) is 0 Å². The van der Waals surface area contributed by atoms with Gasteiger partial charge < -0.3 is 4.74 Å². The second kappa shape index (κ2) is 6.31. The van der Waals surface area contributed by atoms with Crippen molar-refractivity contribution in [3.05, 3.63) is 64.1 Å². The van der Waals surface area contributed by atoms with Crippen LogP contribution in [0.3, 0.4) is 0 Å². The lowest BCUT2D eigenvalue weighted by Crippen LogP contribution is -2.06. The zero-order chi connectivity index (χ0) is 14.6. The van der Waals surface area contributed by atoms with E-state index in [2.05, 4.69) is 15.9 Å². The van der Waals surface area contributed by atoms with Crippen LogP contribution in [-0.4, -0.2) is 6.61 Å². The molecule has 2 aromatic rings. The third-order valence-corrected chi connectivity index (χ3v) is 3.16. The molecule has 5 heteroatoms. The van der Waals surface area contributed by atoms with Crippen LogP contribution in [0.5, 0.6) is 5.75 Å². The van der Waals surface area contributed by atoms with Crippen molar-refractivity contribution in [3.63, 3.8) is 0 Å². The average Bonchev–Trinajstić information content (AvgIpc) is 2.38. The van der Waals surface area contributed by atoms with Crippen molar-refractivity contribution >= 4 is 15.9 Å². The second-order valence-electron chi connectivity index (χ2n) is 4.26. The summed E-state index contributed by atoms with van der Waals surface area (Å²) in [6.07, 6.45) is -3.73. The van der Waals surface area contributed by atoms with Gasteiger partial charge in [0.15, 0.2) is 0 Å². The number of rotatable bonds is 4. The highest BCUT2D eigenvalue weighted by atomic mass is 79.9. The van der Waals surface area contributed by atoms with Gasteiger partial charge in [-0.15, -0.1) is 0 Å². The quantitative estimate of drug-likeness (QED) is 0.750. The van der Waals surface area contributed by atoms with E-state index in [-0.39, 0.29) is 5.75 Å². The summed E-state index contributed by atoms with van der Waals surface area (Å²) in [5.41, 5.74) is 0.361. The number of alkyl halides is 3. The molecule has 2 aromatic carbocycles. The lowest BCUT2D eigenvalue weighted by Gasteiger charge is -2.11. The molecule has 106 valence electrons. The maximum Gasteiger partial charge on any atom is 0.416 e. The van der Waals surface area contributed by atoms with Crippen molar-refractivity contribution in [1.82, 2.24) is 0 Å². The van der Waals surface area contributed by atoms with Gasteiger partial charge in [-0.3, -0.25) is 0 Å². The van der Waals surface area contributed by atoms with Gasteiger partial charge in [-0.2, -0.15) is 13.2 Å². The Hall–Kier alpha value is -1.49. The summed E-state index contributed by atoms with van der Waals surface area (Å²) in [5.74, 6) is 0.211. The number of ether oxygens (including phenoxy) is 1. The third kappa shape index (κ3) is 4.27. The first-order chi connectivity index (χ1) is 9.45. The predicted molar refractivity (Wildman–Crippen MR) is 74.8 cm³/mol. The number of hydrogen-bond acceptors (Lipinski definition) is 1. The molecule has 0 amide bonds. The fourth-order valence-electron chi connectivity index (χ4n) is 1.74. The molecule has 0 bridgehead atoms. The van der Waals surface area contributed by atoms with Gasteiger partial charge in [0.1, 0.15) is 5.75 Å². The van der Waals surface area contributed by atoms with Gasteiger partial charge in [-0.05, 0) is 23.8 Å². The fraction of sp³-hybridized carbons (Fsp3) is 0.200. The van der Waals surface area contributed by atoms with Gasteiger partial charge in [-0.1, -0.05) is 46.3 Å². The molecular formula is C15H12BrF3O. The van der Waals surface area contributed by atoms with Crippen LogP contribution in [0.2, 0.25) is 0 Å². The average molecular weight is 345 g/mol. The Bertz CT molecular complexity index is 567. The summed E-state index contributed by atoms with van der Waals surface area (Å²) in [6, 6.07) is 13.2. The van der Waals surface area contributed by atoms with Crippen LogP contribution in [0.15, 0.2) is 53.0 Å². The largest absolute Gasteiger partial charge is 0.493 e. The van der Waals surface area contributed by atoms with E-state index in [1.807, 2.05) is 30.3 Å². The van der Waals surface area contributed by atoms with E-state index in [4.69, 9.17) is 4.74 Å². The highest BCUT2D eigenvalue weighted by Gasteiger charge is 2.31. The lowest BCUT2D eigenvalue weighted by atomic mass is 10.2. The normalized spacial score (nSPS) is 11.4. The van der Waals surface area contributed by atoms with Gasteiger partial charge in [0.25, 0.3) is 0 Å². The molecular weight excluding hydrogens is 333 g/mol. The van der Waals surface area contributed by atoms with Crippen molar-refractivity contribution in [1.29, 1.82) is 0 Å². The molecule has 1 nitrogen and oxygen atoms in total. The number of hydrogen-bond donors (Lipinski definition) is 0. The van der Waals surface area contributed by atoms with E-state index >= 15 is 0 Å². The summed E-state index contributed by atoms with van der Waals surface area (Å²) in [6.45, 7) is 0.331. The Morgan fingerprint density at radius 1 is 1.00 bits per heavy atom. The molecule has 0 aliphatic rings. The van der Waals surface area contributed by atoms with E-state index in [1.165, 1.54) is 6.07 Å². The fourth-order valence-corrected chi connectivity index (χ4v) is 2.21. The first-order valence-electron chi connectivity index (χ1n) is 6.00. The van der Waals surface area contributed by atoms with Crippen LogP contribution in [-0.2, 0) is 12.6 Å². The second-order valence-corrected chi connectivity index (χ2v) is 5.17. The highest BCUT2D eigenvalue weighted by Crippen LogP contribution is 2.34. The van der Waals surface area contributed by atoms with E-state index in [0.717, 1.165) is 17.7 Å². The standard InChI is InChI=1S/C15H12BrF3O/c16-13-8-12(15(17,18)19)9-14(10-13)20-7-6-11-4-2-1-3-5-11/h1-5,8-10H,6-7H2. The first-order valence-corrected chi connectivity index (χ1v) is 6.79. The van der Waals surface area contributed by atoms with Crippen LogP contribution >= 0.6 is 15.9 Å². The molecule has 0 fully saturated rings. The minimum Gasteiger partial charge on any atom is -0.493 e. The number of benzene rings is 2. The minimum atomic E-state index is -4.37. The van der Waals surface area contributed by atoms with Crippen LogP contribution < -0.4 is 4.74 Å². The Labute approximate surface area is 123 Å². The van der Waals surface area contributed by atoms with Gasteiger partial charge in [0.05, 0.1) is 12.2 Å². The molecule has 0 spiro atoms. The monoisotopic (exact) mass is 344 g/mol. The SMILES string of the molecule is FC(F)(F)c1cc(Br)cc(OCCc2ccccc2)c1. The molecule has 0 saturated heterocycles. The summed E-state index contributed by atoms with van der Waals surface area (Å²) in [5, 5.41) is 0. The Morgan fingerprint density at radius 3 is 2.35 bits per heavy atom. The summed E-state index contributed by atoms with van der Waals surface area (Å²) in [7, 11) is 0. The third-order valence-electron chi connectivity index (χ3n) is 2.70. The van der Waals surface area contributed by atoms with Crippen LogP contribution in [0.4, 0.5) is 13.2 Å². The van der Waals surface area contributed by atoms with Gasteiger partial charge >= 0.3 is 6.18 Å². The molecule has 2 rings (SSSR count). The first kappa shape index (κ1) is 14.9. The lowest BCUT2D eigenvalue weighted by molar-refractivity contribution is -0.137. The van der Waals surface area contributed by atoms with E-state index < -0.39 is 11.7 Å². The molecule has 0 atom stereocenters. The van der Waals surface area contributed by atoms with Gasteiger partial charge in [0.2, 0.25) is 0 Å². The topological polar surface area (TPSA) is 9.23 Å². The molecule has 0 heterocycles. The smallest absolute Gasteiger partial charge is 0.416 e. The zero-order valence-electron chi connectivity index (χ0n) is 10.5. The molecule has 0 unspecified atom stereocenters. The van der Waals surface area contributed by atoms with E-state index in [0.29, 0.717) is 17.5 Å². The molecule has 20 heavy (non-hydrogen) atoms. The Kier molecular flexibility index (Phi) is 4.70. The maximum absolute atomic E-state index is 12.7. The molecule has 0 aliphatic carbocycles. The van der Waals surface area contributed by atoms with Crippen LogP contribution in [0, 0.1) is 0 Å². The van der Waals surface area contributed by atoms with Crippen LogP contribution in [0.1, 0.15) is 11.1 Å².